The average Bonchev–Trinajstić information content (AvgIpc) is 2.58. The van der Waals surface area contributed by atoms with E-state index in [1.807, 2.05) is 48.5 Å². The van der Waals surface area contributed by atoms with Crippen LogP contribution < -0.4 is 4.74 Å². The van der Waals surface area contributed by atoms with Crippen LogP contribution >= 0.6 is 0 Å². The van der Waals surface area contributed by atoms with Gasteiger partial charge in [-0.05, 0) is 34.0 Å². The van der Waals surface area contributed by atoms with Crippen molar-refractivity contribution in [2.75, 3.05) is 7.11 Å². The van der Waals surface area contributed by atoms with Gasteiger partial charge in [0.25, 0.3) is 0 Å². The summed E-state index contributed by atoms with van der Waals surface area (Å²) in [5, 5.41) is 21.5. The van der Waals surface area contributed by atoms with Gasteiger partial charge in [0.2, 0.25) is 0 Å². The van der Waals surface area contributed by atoms with Crippen molar-refractivity contribution in [3.8, 4) is 11.5 Å². The second-order valence-corrected chi connectivity index (χ2v) is 5.36. The summed E-state index contributed by atoms with van der Waals surface area (Å²) in [4.78, 5) is 11.4. The van der Waals surface area contributed by atoms with Gasteiger partial charge < -0.3 is 14.9 Å². The molecule has 0 bridgehead atoms. The Balaban J connectivity index is 2.03. The molecule has 3 aromatic carbocycles. The fourth-order valence-corrected chi connectivity index (χ4v) is 2.60. The summed E-state index contributed by atoms with van der Waals surface area (Å²) in [5.74, 6) is -1.11. The molecule has 0 aliphatic heterocycles. The van der Waals surface area contributed by atoms with Crippen molar-refractivity contribution < 1.29 is 19.7 Å². The quantitative estimate of drug-likeness (QED) is 0.698. The van der Waals surface area contributed by atoms with E-state index in [4.69, 9.17) is 4.74 Å². The maximum absolute atomic E-state index is 11.4. The first kappa shape index (κ1) is 15.6. The summed E-state index contributed by atoms with van der Waals surface area (Å²) in [6, 6.07) is 16.9. The van der Waals surface area contributed by atoms with Gasteiger partial charge in [-0.15, -0.1) is 0 Å². The number of rotatable bonds is 4. The van der Waals surface area contributed by atoms with E-state index in [0.717, 1.165) is 16.3 Å². The lowest BCUT2D eigenvalue weighted by Crippen LogP contribution is -2.01. The Kier molecular flexibility index (Phi) is 4.20. The Morgan fingerprint density at radius 2 is 1.75 bits per heavy atom. The molecule has 0 radical (unpaired) electrons. The molecule has 24 heavy (non-hydrogen) atoms. The van der Waals surface area contributed by atoms with Gasteiger partial charge in [-0.2, -0.15) is 0 Å². The number of benzene rings is 3. The van der Waals surface area contributed by atoms with Gasteiger partial charge in [-0.25, -0.2) is 4.79 Å². The third-order valence-corrected chi connectivity index (χ3v) is 3.80. The molecule has 2 N–H and O–H groups in total. The second kappa shape index (κ2) is 6.46. The van der Waals surface area contributed by atoms with Crippen LogP contribution in [-0.4, -0.2) is 23.3 Å². The van der Waals surface area contributed by atoms with Crippen LogP contribution in [0.2, 0.25) is 0 Å². The molecule has 0 saturated heterocycles. The van der Waals surface area contributed by atoms with Crippen LogP contribution in [0.25, 0.3) is 22.9 Å². The van der Waals surface area contributed by atoms with Gasteiger partial charge in [0.15, 0.2) is 0 Å². The van der Waals surface area contributed by atoms with Crippen molar-refractivity contribution in [1.82, 2.24) is 0 Å². The summed E-state index contributed by atoms with van der Waals surface area (Å²) >= 11 is 0. The van der Waals surface area contributed by atoms with Crippen LogP contribution in [0.15, 0.2) is 54.6 Å². The molecule has 0 atom stereocenters. The number of hydrogen-bond donors (Lipinski definition) is 2. The molecule has 0 heterocycles. The fraction of sp³-hybridized carbons (Fsp3) is 0.0500. The van der Waals surface area contributed by atoms with Crippen molar-refractivity contribution in [2.45, 2.75) is 0 Å². The van der Waals surface area contributed by atoms with Crippen LogP contribution in [0.4, 0.5) is 0 Å². The summed E-state index contributed by atoms with van der Waals surface area (Å²) in [6.45, 7) is 0. The molecule has 0 spiro atoms. The van der Waals surface area contributed by atoms with E-state index in [9.17, 15) is 15.0 Å². The topological polar surface area (TPSA) is 66.8 Å². The summed E-state index contributed by atoms with van der Waals surface area (Å²) in [7, 11) is 1.46. The van der Waals surface area contributed by atoms with E-state index in [1.54, 1.807) is 12.1 Å². The predicted octanol–water partition coefficient (Wildman–Crippen LogP) is 4.42. The molecule has 4 nitrogen and oxygen atoms in total. The minimum atomic E-state index is -1.19. The predicted molar refractivity (Wildman–Crippen MR) is 94.5 cm³/mol. The molecule has 120 valence electrons. The van der Waals surface area contributed by atoms with Crippen molar-refractivity contribution in [2.24, 2.45) is 0 Å². The zero-order valence-electron chi connectivity index (χ0n) is 13.1. The highest BCUT2D eigenvalue weighted by Crippen LogP contribution is 2.29. The third-order valence-electron chi connectivity index (χ3n) is 3.80. The lowest BCUT2D eigenvalue weighted by atomic mass is 10.0. The van der Waals surface area contributed by atoms with E-state index in [0.29, 0.717) is 11.3 Å². The molecule has 0 amide bonds. The molecular weight excluding hydrogens is 304 g/mol. The van der Waals surface area contributed by atoms with Crippen molar-refractivity contribution in [1.29, 1.82) is 0 Å². The molecule has 3 rings (SSSR count). The standard InChI is InChI=1S/C20H16O4/c1-24-17-11-16(19(20(22)23)18(21)12-17)9-7-13-6-8-14-4-2-3-5-15(14)10-13/h2-12,21H,1H3,(H,22,23). The van der Waals surface area contributed by atoms with Gasteiger partial charge in [-0.3, -0.25) is 0 Å². The first-order valence-electron chi connectivity index (χ1n) is 7.39. The lowest BCUT2D eigenvalue weighted by molar-refractivity contribution is 0.0693. The molecule has 0 fully saturated rings. The number of hydrogen-bond acceptors (Lipinski definition) is 3. The summed E-state index contributed by atoms with van der Waals surface area (Å²) in [6.07, 6.45) is 3.48. The number of phenols is 1. The van der Waals surface area contributed by atoms with Gasteiger partial charge in [0, 0.05) is 6.07 Å². The highest BCUT2D eigenvalue weighted by Gasteiger charge is 2.15. The largest absolute Gasteiger partial charge is 0.507 e. The van der Waals surface area contributed by atoms with Gasteiger partial charge in [-0.1, -0.05) is 48.6 Å². The van der Waals surface area contributed by atoms with Crippen molar-refractivity contribution in [3.63, 3.8) is 0 Å². The number of carbonyl (C=O) groups is 1. The molecule has 0 unspecified atom stereocenters. The highest BCUT2D eigenvalue weighted by molar-refractivity contribution is 5.97. The van der Waals surface area contributed by atoms with E-state index >= 15 is 0 Å². The SMILES string of the molecule is COc1cc(O)c(C(=O)O)c(C=Cc2ccc3ccccc3c2)c1. The van der Waals surface area contributed by atoms with Crippen LogP contribution in [0.3, 0.4) is 0 Å². The Labute approximate surface area is 139 Å². The number of aromatic hydroxyl groups is 1. The lowest BCUT2D eigenvalue weighted by Gasteiger charge is -2.08. The molecule has 3 aromatic rings. The number of carboxylic acid groups (broad SMARTS) is 1. The maximum atomic E-state index is 11.4. The first-order chi connectivity index (χ1) is 11.6. The van der Waals surface area contributed by atoms with E-state index in [-0.39, 0.29) is 11.3 Å². The molecule has 0 aliphatic carbocycles. The monoisotopic (exact) mass is 320 g/mol. The number of fused-ring (bicyclic) bond motifs is 1. The highest BCUT2D eigenvalue weighted by atomic mass is 16.5. The van der Waals surface area contributed by atoms with E-state index in [1.165, 1.54) is 13.2 Å². The number of ether oxygens (including phenoxy) is 1. The number of aromatic carboxylic acids is 1. The fourth-order valence-electron chi connectivity index (χ4n) is 2.60. The van der Waals surface area contributed by atoms with Crippen LogP contribution in [-0.2, 0) is 0 Å². The zero-order valence-corrected chi connectivity index (χ0v) is 13.1. The van der Waals surface area contributed by atoms with Crippen LogP contribution in [0, 0.1) is 0 Å². The molecule has 0 saturated carbocycles. The minimum Gasteiger partial charge on any atom is -0.507 e. The van der Waals surface area contributed by atoms with Gasteiger partial charge in [0.05, 0.1) is 7.11 Å². The summed E-state index contributed by atoms with van der Waals surface area (Å²) < 4.78 is 5.09. The average molecular weight is 320 g/mol. The smallest absolute Gasteiger partial charge is 0.340 e. The van der Waals surface area contributed by atoms with Gasteiger partial charge >= 0.3 is 5.97 Å². The normalized spacial score (nSPS) is 11.0. The Hall–Kier alpha value is -3.27. The Bertz CT molecular complexity index is 942. The molecular formula is C20H16O4. The van der Waals surface area contributed by atoms with E-state index in [2.05, 4.69) is 0 Å². The van der Waals surface area contributed by atoms with Crippen molar-refractivity contribution in [3.05, 3.63) is 71.3 Å². The Morgan fingerprint density at radius 3 is 2.46 bits per heavy atom. The maximum Gasteiger partial charge on any atom is 0.340 e. The van der Waals surface area contributed by atoms with Crippen LogP contribution in [0.5, 0.6) is 11.5 Å². The summed E-state index contributed by atoms with van der Waals surface area (Å²) in [5.41, 5.74) is 1.17. The molecule has 0 aromatic heterocycles. The second-order valence-electron chi connectivity index (χ2n) is 5.36. The zero-order chi connectivity index (χ0) is 17.1. The molecule has 4 heteroatoms. The van der Waals surface area contributed by atoms with Crippen molar-refractivity contribution >= 4 is 28.9 Å². The Morgan fingerprint density at radius 1 is 1.00 bits per heavy atom. The minimum absolute atomic E-state index is 0.146. The first-order valence-corrected chi connectivity index (χ1v) is 7.39. The number of carboxylic acids is 1. The molecule has 0 aliphatic rings. The van der Waals surface area contributed by atoms with Gasteiger partial charge in [0.1, 0.15) is 17.1 Å². The third kappa shape index (κ3) is 3.08. The number of methoxy groups -OCH3 is 1. The van der Waals surface area contributed by atoms with E-state index < -0.39 is 5.97 Å². The van der Waals surface area contributed by atoms with Crippen LogP contribution in [0.1, 0.15) is 21.5 Å².